The number of fused-ring (bicyclic) bond motifs is 2. The number of amides is 3. The number of rotatable bonds is 3. The Morgan fingerprint density at radius 1 is 1.19 bits per heavy atom. The number of nitrogens with zero attached hydrogens (tertiary/aromatic N) is 2. The summed E-state index contributed by atoms with van der Waals surface area (Å²) >= 11 is 1.34. The lowest BCUT2D eigenvalue weighted by molar-refractivity contribution is -0.120. The lowest BCUT2D eigenvalue weighted by Gasteiger charge is -2.19. The van der Waals surface area contributed by atoms with Crippen LogP contribution in [-0.4, -0.2) is 34.7 Å². The molecule has 1 aromatic carbocycles. The van der Waals surface area contributed by atoms with Crippen molar-refractivity contribution in [1.82, 2.24) is 14.9 Å². The van der Waals surface area contributed by atoms with E-state index in [0.717, 1.165) is 4.57 Å². The zero-order chi connectivity index (χ0) is 18.8. The molecule has 0 atom stereocenters. The van der Waals surface area contributed by atoms with Crippen LogP contribution in [0.15, 0.2) is 40.8 Å². The van der Waals surface area contributed by atoms with E-state index >= 15 is 0 Å². The second-order valence-corrected chi connectivity index (χ2v) is 6.57. The van der Waals surface area contributed by atoms with Crippen molar-refractivity contribution >= 4 is 39.2 Å². The van der Waals surface area contributed by atoms with Crippen LogP contribution in [0.4, 0.5) is 10.5 Å². The number of aromatic nitrogens is 2. The molecule has 0 unspecified atom stereocenters. The zero-order valence-electron chi connectivity index (χ0n) is 13.9. The highest BCUT2D eigenvalue weighted by atomic mass is 32.1. The van der Waals surface area contributed by atoms with Gasteiger partial charge in [-0.2, -0.15) is 0 Å². The van der Waals surface area contributed by atoms with E-state index in [4.69, 9.17) is 9.47 Å². The number of carbonyl (C=O) groups excluding carboxylic acids is 2. The SMILES string of the molecule is O=C(Cn1cnc2sccc2c1=O)NC(=O)Nc1ccc2c(c1)OCCO2. The van der Waals surface area contributed by atoms with Crippen molar-refractivity contribution in [3.63, 3.8) is 0 Å². The molecular formula is C17H14N4O5S. The minimum atomic E-state index is -0.714. The van der Waals surface area contributed by atoms with E-state index in [1.54, 1.807) is 29.6 Å². The minimum Gasteiger partial charge on any atom is -0.486 e. The van der Waals surface area contributed by atoms with Gasteiger partial charge in [-0.25, -0.2) is 9.78 Å². The number of ether oxygens (including phenoxy) is 2. The van der Waals surface area contributed by atoms with Gasteiger partial charge in [0.15, 0.2) is 11.5 Å². The van der Waals surface area contributed by atoms with E-state index < -0.39 is 11.9 Å². The van der Waals surface area contributed by atoms with Crippen LogP contribution in [-0.2, 0) is 11.3 Å². The molecule has 0 fully saturated rings. The van der Waals surface area contributed by atoms with Crippen LogP contribution in [0.2, 0.25) is 0 Å². The van der Waals surface area contributed by atoms with Crippen molar-refractivity contribution in [1.29, 1.82) is 0 Å². The quantitative estimate of drug-likeness (QED) is 0.707. The molecule has 0 radical (unpaired) electrons. The molecule has 4 rings (SSSR count). The molecule has 27 heavy (non-hydrogen) atoms. The van der Waals surface area contributed by atoms with Crippen LogP contribution in [0.25, 0.3) is 10.2 Å². The Bertz CT molecular complexity index is 1090. The van der Waals surface area contributed by atoms with E-state index in [2.05, 4.69) is 15.6 Å². The van der Waals surface area contributed by atoms with Crippen molar-refractivity contribution in [3.8, 4) is 11.5 Å². The van der Waals surface area contributed by atoms with Gasteiger partial charge in [0.05, 0.1) is 11.7 Å². The Balaban J connectivity index is 1.39. The number of hydrogen-bond acceptors (Lipinski definition) is 7. The third kappa shape index (κ3) is 3.60. The van der Waals surface area contributed by atoms with Gasteiger partial charge in [0.2, 0.25) is 5.91 Å². The van der Waals surface area contributed by atoms with Crippen molar-refractivity contribution in [2.24, 2.45) is 0 Å². The first-order valence-electron chi connectivity index (χ1n) is 8.03. The highest BCUT2D eigenvalue weighted by Gasteiger charge is 2.15. The van der Waals surface area contributed by atoms with Gasteiger partial charge in [0, 0.05) is 11.8 Å². The molecule has 1 aliphatic heterocycles. The number of nitrogens with one attached hydrogen (secondary N) is 2. The summed E-state index contributed by atoms with van der Waals surface area (Å²) in [6.45, 7) is 0.588. The highest BCUT2D eigenvalue weighted by Crippen LogP contribution is 2.32. The molecule has 3 amide bonds. The van der Waals surface area contributed by atoms with E-state index in [1.807, 2.05) is 0 Å². The molecule has 3 heterocycles. The maximum absolute atomic E-state index is 12.3. The van der Waals surface area contributed by atoms with Crippen molar-refractivity contribution < 1.29 is 19.1 Å². The Morgan fingerprint density at radius 3 is 2.85 bits per heavy atom. The van der Waals surface area contributed by atoms with Crippen LogP contribution in [0.5, 0.6) is 11.5 Å². The average Bonchev–Trinajstić information content (AvgIpc) is 3.13. The van der Waals surface area contributed by atoms with Crippen molar-refractivity contribution in [2.75, 3.05) is 18.5 Å². The van der Waals surface area contributed by atoms with E-state index in [0.29, 0.717) is 40.6 Å². The van der Waals surface area contributed by atoms with Crippen molar-refractivity contribution in [2.45, 2.75) is 6.54 Å². The fourth-order valence-electron chi connectivity index (χ4n) is 2.61. The van der Waals surface area contributed by atoms with Gasteiger partial charge in [-0.3, -0.25) is 19.5 Å². The number of imide groups is 1. The summed E-state index contributed by atoms with van der Waals surface area (Å²) in [5.74, 6) is 0.481. The van der Waals surface area contributed by atoms with Crippen LogP contribution < -0.4 is 25.7 Å². The molecule has 2 aromatic heterocycles. The molecular weight excluding hydrogens is 372 g/mol. The molecule has 10 heteroatoms. The van der Waals surface area contributed by atoms with E-state index in [-0.39, 0.29) is 12.1 Å². The van der Waals surface area contributed by atoms with Gasteiger partial charge in [-0.15, -0.1) is 11.3 Å². The summed E-state index contributed by atoms with van der Waals surface area (Å²) < 4.78 is 12.0. The number of urea groups is 1. The summed E-state index contributed by atoms with van der Waals surface area (Å²) in [5.41, 5.74) is 0.117. The molecule has 0 saturated heterocycles. The summed E-state index contributed by atoms with van der Waals surface area (Å²) in [6.07, 6.45) is 1.29. The van der Waals surface area contributed by atoms with Gasteiger partial charge in [0.25, 0.3) is 5.56 Å². The van der Waals surface area contributed by atoms with E-state index in [1.165, 1.54) is 17.7 Å². The monoisotopic (exact) mass is 386 g/mol. The summed E-state index contributed by atoms with van der Waals surface area (Å²) in [6, 6.07) is 5.86. The topological polar surface area (TPSA) is 112 Å². The predicted octanol–water partition coefficient (Wildman–Crippen LogP) is 1.58. The Kier molecular flexibility index (Phi) is 4.47. The molecule has 138 valence electrons. The fourth-order valence-corrected chi connectivity index (χ4v) is 3.33. The summed E-state index contributed by atoms with van der Waals surface area (Å²) in [7, 11) is 0. The first-order valence-corrected chi connectivity index (χ1v) is 8.91. The Labute approximate surface area is 156 Å². The highest BCUT2D eigenvalue weighted by molar-refractivity contribution is 7.16. The summed E-state index contributed by atoms with van der Waals surface area (Å²) in [5, 5.41) is 6.92. The average molecular weight is 386 g/mol. The van der Waals surface area contributed by atoms with E-state index in [9.17, 15) is 14.4 Å². The maximum atomic E-state index is 12.3. The van der Waals surface area contributed by atoms with Crippen molar-refractivity contribution in [3.05, 3.63) is 46.3 Å². The lowest BCUT2D eigenvalue weighted by atomic mass is 10.2. The second kappa shape index (κ2) is 7.08. The molecule has 0 bridgehead atoms. The molecule has 2 N–H and O–H groups in total. The van der Waals surface area contributed by atoms with Gasteiger partial charge in [-0.05, 0) is 23.6 Å². The predicted molar refractivity (Wildman–Crippen MR) is 98.5 cm³/mol. The van der Waals surface area contributed by atoms with Gasteiger partial charge >= 0.3 is 6.03 Å². The standard InChI is InChI=1S/C17H14N4O5S/c22-14(8-21-9-18-15-11(16(21)23)3-6-27-15)20-17(24)19-10-1-2-12-13(7-10)26-5-4-25-12/h1-3,6-7,9H,4-5,8H2,(H2,19,20,22,24). The lowest BCUT2D eigenvalue weighted by Crippen LogP contribution is -2.38. The van der Waals surface area contributed by atoms with Crippen LogP contribution in [0, 0.1) is 0 Å². The smallest absolute Gasteiger partial charge is 0.325 e. The molecule has 0 saturated carbocycles. The Morgan fingerprint density at radius 2 is 2.00 bits per heavy atom. The first-order chi connectivity index (χ1) is 13.1. The number of anilines is 1. The van der Waals surface area contributed by atoms with Crippen LogP contribution in [0.3, 0.4) is 0 Å². The van der Waals surface area contributed by atoms with Gasteiger partial charge in [0.1, 0.15) is 24.6 Å². The van der Waals surface area contributed by atoms with Gasteiger partial charge < -0.3 is 14.8 Å². The number of benzene rings is 1. The zero-order valence-corrected chi connectivity index (χ0v) is 14.7. The van der Waals surface area contributed by atoms with Gasteiger partial charge in [-0.1, -0.05) is 0 Å². The molecule has 0 spiro atoms. The molecule has 9 nitrogen and oxygen atoms in total. The van der Waals surface area contributed by atoms with Crippen LogP contribution in [0.1, 0.15) is 0 Å². The molecule has 3 aromatic rings. The maximum Gasteiger partial charge on any atom is 0.325 e. The summed E-state index contributed by atoms with van der Waals surface area (Å²) in [4.78, 5) is 41.1. The molecule has 0 aliphatic carbocycles. The largest absolute Gasteiger partial charge is 0.486 e. The third-order valence-electron chi connectivity index (χ3n) is 3.82. The second-order valence-electron chi connectivity index (χ2n) is 5.68. The fraction of sp³-hybridized carbons (Fsp3) is 0.176. The minimum absolute atomic E-state index is 0.313. The number of carbonyl (C=O) groups is 2. The third-order valence-corrected chi connectivity index (χ3v) is 4.64. The molecule has 1 aliphatic rings. The van der Waals surface area contributed by atoms with Crippen LogP contribution >= 0.6 is 11.3 Å². The first kappa shape index (κ1) is 17.0. The number of thiophene rings is 1. The normalized spacial score (nSPS) is 12.6. The number of hydrogen-bond donors (Lipinski definition) is 2. The Hall–Kier alpha value is -3.40.